The van der Waals surface area contributed by atoms with Crippen LogP contribution in [0.5, 0.6) is 5.75 Å². The van der Waals surface area contributed by atoms with E-state index in [-0.39, 0.29) is 0 Å². The second-order valence-corrected chi connectivity index (χ2v) is 5.08. The van der Waals surface area contributed by atoms with Gasteiger partial charge in [0.25, 0.3) is 0 Å². The first-order valence-electron chi connectivity index (χ1n) is 6.93. The molecule has 3 aromatic rings. The van der Waals surface area contributed by atoms with Gasteiger partial charge in [0.1, 0.15) is 17.1 Å². The van der Waals surface area contributed by atoms with E-state index in [1.807, 2.05) is 49.0 Å². The van der Waals surface area contributed by atoms with Gasteiger partial charge in [-0.15, -0.1) is 11.6 Å². The topological polar surface area (TPSA) is 44.9 Å². The lowest BCUT2D eigenvalue weighted by Gasteiger charge is -2.05. The minimum atomic E-state index is 0.514. The number of alkyl halides is 1. The summed E-state index contributed by atoms with van der Waals surface area (Å²) in [7, 11) is 1.90. The first kappa shape index (κ1) is 13.9. The molecular formula is C15H17ClN4O. The average Bonchev–Trinajstić information content (AvgIpc) is 3.03. The molecule has 0 N–H and O–H groups in total. The molecule has 110 valence electrons. The van der Waals surface area contributed by atoms with Gasteiger partial charge in [0.2, 0.25) is 0 Å². The van der Waals surface area contributed by atoms with Crippen LogP contribution in [0.25, 0.3) is 16.9 Å². The summed E-state index contributed by atoms with van der Waals surface area (Å²) in [6.45, 7) is 2.58. The quantitative estimate of drug-likeness (QED) is 0.681. The van der Waals surface area contributed by atoms with Gasteiger partial charge in [0.05, 0.1) is 12.1 Å². The van der Waals surface area contributed by atoms with E-state index >= 15 is 0 Å². The first-order valence-corrected chi connectivity index (χ1v) is 7.47. The molecule has 0 bridgehead atoms. The zero-order valence-corrected chi connectivity index (χ0v) is 12.8. The van der Waals surface area contributed by atoms with Crippen LogP contribution in [0.4, 0.5) is 0 Å². The Bertz CT molecular complexity index is 762. The molecule has 6 heteroatoms. The summed E-state index contributed by atoms with van der Waals surface area (Å²) in [5.74, 6) is 3.04. The second-order valence-electron chi connectivity index (χ2n) is 4.71. The Kier molecular flexibility index (Phi) is 3.84. The molecule has 0 saturated heterocycles. The van der Waals surface area contributed by atoms with Gasteiger partial charge in [-0.05, 0) is 19.1 Å². The van der Waals surface area contributed by atoms with Gasteiger partial charge in [0.15, 0.2) is 5.82 Å². The number of hydrogen-bond donors (Lipinski definition) is 0. The van der Waals surface area contributed by atoms with Crippen LogP contribution in [-0.4, -0.2) is 31.8 Å². The summed E-state index contributed by atoms with van der Waals surface area (Å²) in [6.07, 6.45) is 2.59. The van der Waals surface area contributed by atoms with Crippen molar-refractivity contribution in [1.29, 1.82) is 0 Å². The van der Waals surface area contributed by atoms with Gasteiger partial charge in [0, 0.05) is 31.6 Å². The van der Waals surface area contributed by atoms with Crippen molar-refractivity contribution in [3.8, 4) is 11.6 Å². The number of imidazole rings is 1. The lowest BCUT2D eigenvalue weighted by molar-refractivity contribution is 0.343. The number of fused-ring (bicyclic) bond motifs is 1. The van der Waals surface area contributed by atoms with Gasteiger partial charge < -0.3 is 4.74 Å². The fraction of sp³-hybridized carbons (Fsp3) is 0.333. The smallest absolute Gasteiger partial charge is 0.160 e. The Hall–Kier alpha value is -2.01. The highest BCUT2D eigenvalue weighted by Crippen LogP contribution is 2.28. The number of benzene rings is 1. The van der Waals surface area contributed by atoms with Crippen molar-refractivity contribution in [2.24, 2.45) is 7.05 Å². The molecule has 0 aliphatic heterocycles. The number of aryl methyl sites for hydroxylation is 2. The maximum Gasteiger partial charge on any atom is 0.160 e. The molecule has 3 rings (SSSR count). The average molecular weight is 305 g/mol. The first-order chi connectivity index (χ1) is 10.2. The third-order valence-corrected chi connectivity index (χ3v) is 3.45. The van der Waals surface area contributed by atoms with E-state index in [9.17, 15) is 0 Å². The predicted octanol–water partition coefficient (Wildman–Crippen LogP) is 2.94. The number of rotatable bonds is 5. The van der Waals surface area contributed by atoms with Crippen LogP contribution in [0.1, 0.15) is 12.7 Å². The monoisotopic (exact) mass is 304 g/mol. The molecule has 21 heavy (non-hydrogen) atoms. The van der Waals surface area contributed by atoms with E-state index in [2.05, 4.69) is 5.10 Å². The van der Waals surface area contributed by atoms with Gasteiger partial charge >= 0.3 is 0 Å². The lowest BCUT2D eigenvalue weighted by Crippen LogP contribution is -2.03. The van der Waals surface area contributed by atoms with Crippen LogP contribution in [0.2, 0.25) is 0 Å². The van der Waals surface area contributed by atoms with Crippen molar-refractivity contribution in [3.05, 3.63) is 36.3 Å². The highest BCUT2D eigenvalue weighted by atomic mass is 35.5. The zero-order chi connectivity index (χ0) is 14.8. The molecule has 2 aromatic heterocycles. The molecule has 1 aromatic carbocycles. The lowest BCUT2D eigenvalue weighted by atomic mass is 10.3. The van der Waals surface area contributed by atoms with Crippen molar-refractivity contribution < 1.29 is 4.74 Å². The molecule has 0 atom stereocenters. The molecule has 0 amide bonds. The molecule has 0 saturated carbocycles. The summed E-state index contributed by atoms with van der Waals surface area (Å²) >= 11 is 5.92. The minimum Gasteiger partial charge on any atom is -0.492 e. The normalized spacial score (nSPS) is 11.2. The minimum absolute atomic E-state index is 0.514. The maximum atomic E-state index is 5.92. The van der Waals surface area contributed by atoms with E-state index in [1.165, 1.54) is 0 Å². The number of para-hydroxylation sites is 1. The van der Waals surface area contributed by atoms with Crippen molar-refractivity contribution in [1.82, 2.24) is 19.3 Å². The number of halogens is 1. The molecule has 0 unspecified atom stereocenters. The fourth-order valence-electron chi connectivity index (χ4n) is 2.42. The maximum absolute atomic E-state index is 5.92. The third-order valence-electron chi connectivity index (χ3n) is 3.26. The summed E-state index contributed by atoms with van der Waals surface area (Å²) in [5.41, 5.74) is 1.84. The Balaban J connectivity index is 2.25. The zero-order valence-electron chi connectivity index (χ0n) is 12.1. The van der Waals surface area contributed by atoms with E-state index in [0.29, 0.717) is 18.9 Å². The molecule has 0 spiro atoms. The number of ether oxygens (including phenoxy) is 1. The standard InChI is InChI=1S/C15H17ClN4O/c1-3-21-12-6-4-5-11-15(12)17-13(7-9-16)20(11)14-8-10-19(2)18-14/h4-6,8,10H,3,7,9H2,1-2H3. The van der Waals surface area contributed by atoms with E-state index in [4.69, 9.17) is 21.3 Å². The van der Waals surface area contributed by atoms with Gasteiger partial charge in [-0.25, -0.2) is 4.98 Å². The van der Waals surface area contributed by atoms with Gasteiger partial charge in [-0.3, -0.25) is 9.25 Å². The Morgan fingerprint density at radius 1 is 1.29 bits per heavy atom. The van der Waals surface area contributed by atoms with Crippen LogP contribution in [0.3, 0.4) is 0 Å². The fourth-order valence-corrected chi connectivity index (χ4v) is 2.59. The Labute approximate surface area is 128 Å². The molecular weight excluding hydrogens is 288 g/mol. The van der Waals surface area contributed by atoms with Crippen LogP contribution in [-0.2, 0) is 13.5 Å². The molecule has 0 radical (unpaired) electrons. The van der Waals surface area contributed by atoms with Crippen LogP contribution in [0, 0.1) is 0 Å². The second kappa shape index (κ2) is 5.77. The molecule has 0 aliphatic carbocycles. The Morgan fingerprint density at radius 2 is 2.14 bits per heavy atom. The van der Waals surface area contributed by atoms with Crippen LogP contribution in [0.15, 0.2) is 30.5 Å². The third kappa shape index (κ3) is 2.49. The Morgan fingerprint density at radius 3 is 2.81 bits per heavy atom. The number of aromatic nitrogens is 4. The number of nitrogens with zero attached hydrogens (tertiary/aromatic N) is 4. The molecule has 5 nitrogen and oxygen atoms in total. The summed E-state index contributed by atoms with van der Waals surface area (Å²) in [4.78, 5) is 4.71. The van der Waals surface area contributed by atoms with Gasteiger partial charge in [-0.1, -0.05) is 6.07 Å². The highest BCUT2D eigenvalue weighted by Gasteiger charge is 2.16. The summed E-state index contributed by atoms with van der Waals surface area (Å²) in [5, 5.41) is 4.48. The highest BCUT2D eigenvalue weighted by molar-refractivity contribution is 6.17. The summed E-state index contributed by atoms with van der Waals surface area (Å²) in [6, 6.07) is 7.90. The van der Waals surface area contributed by atoms with Crippen molar-refractivity contribution in [3.63, 3.8) is 0 Å². The van der Waals surface area contributed by atoms with Crippen LogP contribution < -0.4 is 4.74 Å². The van der Waals surface area contributed by atoms with Crippen molar-refractivity contribution >= 4 is 22.6 Å². The van der Waals surface area contributed by atoms with Crippen molar-refractivity contribution in [2.45, 2.75) is 13.3 Å². The SMILES string of the molecule is CCOc1cccc2c1nc(CCCl)n2-c1ccn(C)n1. The largest absolute Gasteiger partial charge is 0.492 e. The van der Waals surface area contributed by atoms with Crippen LogP contribution >= 0.6 is 11.6 Å². The predicted molar refractivity (Wildman–Crippen MR) is 83.4 cm³/mol. The van der Waals surface area contributed by atoms with E-state index in [1.54, 1.807) is 4.68 Å². The molecule has 0 fully saturated rings. The van der Waals surface area contributed by atoms with E-state index in [0.717, 1.165) is 28.4 Å². The molecule has 2 heterocycles. The summed E-state index contributed by atoms with van der Waals surface area (Å²) < 4.78 is 9.49. The van der Waals surface area contributed by atoms with Gasteiger partial charge in [-0.2, -0.15) is 5.10 Å². The van der Waals surface area contributed by atoms with Crippen molar-refractivity contribution in [2.75, 3.05) is 12.5 Å². The molecule has 0 aliphatic rings. The number of hydrogen-bond acceptors (Lipinski definition) is 3. The van der Waals surface area contributed by atoms with E-state index < -0.39 is 0 Å².